The second kappa shape index (κ2) is 8.86. The molecule has 0 bridgehead atoms. The van der Waals surface area contributed by atoms with Crippen LogP contribution in [0.1, 0.15) is 11.3 Å². The van der Waals surface area contributed by atoms with Crippen LogP contribution in [0, 0.1) is 6.92 Å². The third-order valence-corrected chi connectivity index (χ3v) is 6.76. The lowest BCUT2D eigenvalue weighted by Gasteiger charge is -2.14. The molecule has 0 aliphatic heterocycles. The first-order valence-electron chi connectivity index (χ1n) is 9.85. The van der Waals surface area contributed by atoms with Gasteiger partial charge in [-0.2, -0.15) is 13.2 Å². The Bertz CT molecular complexity index is 1490. The molecular formula is C23H17ClF3N3O3S. The van der Waals surface area contributed by atoms with Crippen molar-refractivity contribution >= 4 is 32.5 Å². The zero-order chi connectivity index (χ0) is 24.7. The maximum atomic E-state index is 13.4. The average molecular weight is 508 g/mol. The van der Waals surface area contributed by atoms with Gasteiger partial charge in [0.1, 0.15) is 22.9 Å². The van der Waals surface area contributed by atoms with E-state index in [9.17, 15) is 21.6 Å². The van der Waals surface area contributed by atoms with E-state index < -0.39 is 27.5 Å². The predicted octanol–water partition coefficient (Wildman–Crippen LogP) is 5.76. The lowest BCUT2D eigenvalue weighted by molar-refractivity contribution is -0.136. The number of sulfone groups is 1. The lowest BCUT2D eigenvalue weighted by Crippen LogP contribution is -2.14. The number of nitrogens with zero attached hydrogens (tertiary/aromatic N) is 2. The summed E-state index contributed by atoms with van der Waals surface area (Å²) in [6, 6.07) is 14.2. The fourth-order valence-corrected chi connectivity index (χ4v) is 4.29. The lowest BCUT2D eigenvalue weighted by atomic mass is 10.1. The Kier molecular flexibility index (Phi) is 6.24. The molecule has 3 aromatic carbocycles. The number of para-hydroxylation sites is 1. The SMILES string of the molecule is Cc1nc2c(C(F)(F)F)cccc2nc1-c1cc(Oc2ccc(S(=O)(=O)CN)cc2)ccc1Cl. The van der Waals surface area contributed by atoms with Gasteiger partial charge in [-0.1, -0.05) is 17.7 Å². The van der Waals surface area contributed by atoms with E-state index in [0.717, 1.165) is 6.07 Å². The number of aromatic nitrogens is 2. The highest BCUT2D eigenvalue weighted by atomic mass is 35.5. The van der Waals surface area contributed by atoms with Crippen molar-refractivity contribution in [1.29, 1.82) is 0 Å². The molecule has 0 aliphatic rings. The molecular weight excluding hydrogens is 491 g/mol. The molecule has 0 fully saturated rings. The second-order valence-corrected chi connectivity index (χ2v) is 9.77. The molecule has 1 heterocycles. The Balaban J connectivity index is 1.72. The number of hydrogen-bond acceptors (Lipinski definition) is 6. The van der Waals surface area contributed by atoms with Crippen LogP contribution in [0.4, 0.5) is 13.2 Å². The van der Waals surface area contributed by atoms with E-state index in [1.165, 1.54) is 36.4 Å². The van der Waals surface area contributed by atoms with Crippen LogP contribution in [-0.2, 0) is 16.0 Å². The average Bonchev–Trinajstić information content (AvgIpc) is 2.79. The minimum atomic E-state index is -4.56. The van der Waals surface area contributed by atoms with Gasteiger partial charge < -0.3 is 10.5 Å². The summed E-state index contributed by atoms with van der Waals surface area (Å²) in [6.07, 6.45) is -4.56. The largest absolute Gasteiger partial charge is 0.457 e. The molecule has 0 saturated heterocycles. The number of alkyl halides is 3. The van der Waals surface area contributed by atoms with E-state index in [2.05, 4.69) is 9.97 Å². The van der Waals surface area contributed by atoms with E-state index in [4.69, 9.17) is 22.1 Å². The molecule has 0 atom stereocenters. The zero-order valence-electron chi connectivity index (χ0n) is 17.6. The van der Waals surface area contributed by atoms with Crippen LogP contribution in [0.15, 0.2) is 65.6 Å². The molecule has 0 aliphatic carbocycles. The fraction of sp³-hybridized carbons (Fsp3) is 0.130. The summed E-state index contributed by atoms with van der Waals surface area (Å²) in [6.45, 7) is 1.55. The van der Waals surface area contributed by atoms with Crippen LogP contribution in [0.2, 0.25) is 5.02 Å². The summed E-state index contributed by atoms with van der Waals surface area (Å²) in [5.41, 5.74) is 5.23. The maximum Gasteiger partial charge on any atom is 0.418 e. The Morgan fingerprint density at radius 1 is 1.00 bits per heavy atom. The van der Waals surface area contributed by atoms with Gasteiger partial charge in [-0.05, 0) is 61.5 Å². The number of fused-ring (bicyclic) bond motifs is 1. The van der Waals surface area contributed by atoms with Crippen molar-refractivity contribution in [3.05, 3.63) is 76.9 Å². The van der Waals surface area contributed by atoms with E-state index in [-0.39, 0.29) is 21.6 Å². The third-order valence-electron chi connectivity index (χ3n) is 5.01. The van der Waals surface area contributed by atoms with E-state index in [0.29, 0.717) is 27.8 Å². The molecule has 4 aromatic rings. The Labute approximate surface area is 198 Å². The first-order chi connectivity index (χ1) is 16.0. The number of aryl methyl sites for hydroxylation is 1. The Morgan fingerprint density at radius 3 is 2.32 bits per heavy atom. The van der Waals surface area contributed by atoms with Crippen molar-refractivity contribution in [3.63, 3.8) is 0 Å². The van der Waals surface area contributed by atoms with Gasteiger partial charge in [0.25, 0.3) is 0 Å². The van der Waals surface area contributed by atoms with Gasteiger partial charge in [-0.15, -0.1) is 0 Å². The molecule has 0 unspecified atom stereocenters. The molecule has 6 nitrogen and oxygen atoms in total. The van der Waals surface area contributed by atoms with Crippen LogP contribution in [0.3, 0.4) is 0 Å². The summed E-state index contributed by atoms with van der Waals surface area (Å²) in [4.78, 5) is 8.63. The molecule has 1 aromatic heterocycles. The summed E-state index contributed by atoms with van der Waals surface area (Å²) in [5, 5.41) is 0.306. The van der Waals surface area contributed by atoms with Crippen molar-refractivity contribution in [1.82, 2.24) is 9.97 Å². The van der Waals surface area contributed by atoms with Gasteiger partial charge >= 0.3 is 6.18 Å². The number of rotatable bonds is 5. The van der Waals surface area contributed by atoms with Gasteiger partial charge in [-0.3, -0.25) is 0 Å². The number of benzene rings is 3. The van der Waals surface area contributed by atoms with E-state index in [1.54, 1.807) is 25.1 Å². The van der Waals surface area contributed by atoms with E-state index >= 15 is 0 Å². The molecule has 11 heteroatoms. The summed E-state index contributed by atoms with van der Waals surface area (Å²) in [5.74, 6) is 0.212. The summed E-state index contributed by atoms with van der Waals surface area (Å²) in [7, 11) is -3.55. The molecule has 2 N–H and O–H groups in total. The maximum absolute atomic E-state index is 13.4. The molecule has 34 heavy (non-hydrogen) atoms. The summed E-state index contributed by atoms with van der Waals surface area (Å²) < 4.78 is 69.6. The van der Waals surface area contributed by atoms with Crippen LogP contribution < -0.4 is 10.5 Å². The molecule has 0 radical (unpaired) electrons. The Hall–Kier alpha value is -3.21. The topological polar surface area (TPSA) is 95.2 Å². The predicted molar refractivity (Wildman–Crippen MR) is 122 cm³/mol. The normalized spacial score (nSPS) is 12.2. The van der Waals surface area contributed by atoms with Gasteiger partial charge in [0.15, 0.2) is 9.84 Å². The molecule has 4 rings (SSSR count). The molecule has 0 spiro atoms. The fourth-order valence-electron chi connectivity index (χ4n) is 3.34. The number of nitrogens with two attached hydrogens (primary N) is 1. The first kappa shape index (κ1) is 23.9. The third kappa shape index (κ3) is 4.70. The minimum absolute atomic E-state index is 0.0689. The van der Waals surface area contributed by atoms with Crippen molar-refractivity contribution in [3.8, 4) is 22.8 Å². The second-order valence-electron chi connectivity index (χ2n) is 7.33. The highest BCUT2D eigenvalue weighted by molar-refractivity contribution is 7.91. The van der Waals surface area contributed by atoms with Crippen LogP contribution >= 0.6 is 11.6 Å². The standard InChI is InChI=1S/C23H17ClF3N3O3S/c1-13-21(30-20-4-2-3-18(22(20)29-13)23(25,26)27)17-11-15(7-10-19(17)24)33-14-5-8-16(9-6-14)34(31,32)12-28/h2-11H,12,28H2,1H3. The molecule has 176 valence electrons. The van der Waals surface area contributed by atoms with Gasteiger partial charge in [-0.25, -0.2) is 18.4 Å². The summed E-state index contributed by atoms with van der Waals surface area (Å²) >= 11 is 6.37. The van der Waals surface area contributed by atoms with Crippen molar-refractivity contribution in [2.75, 3.05) is 5.88 Å². The van der Waals surface area contributed by atoms with Gasteiger partial charge in [0.2, 0.25) is 0 Å². The van der Waals surface area contributed by atoms with Crippen molar-refractivity contribution in [2.45, 2.75) is 18.0 Å². The molecule has 0 amide bonds. The number of halogens is 4. The van der Waals surface area contributed by atoms with E-state index in [1.807, 2.05) is 0 Å². The van der Waals surface area contributed by atoms with Crippen molar-refractivity contribution in [2.24, 2.45) is 5.73 Å². The number of ether oxygens (including phenoxy) is 1. The quantitative estimate of drug-likeness (QED) is 0.369. The van der Waals surface area contributed by atoms with Crippen LogP contribution in [0.5, 0.6) is 11.5 Å². The number of hydrogen-bond donors (Lipinski definition) is 1. The van der Waals surface area contributed by atoms with Gasteiger partial charge in [0.05, 0.1) is 32.4 Å². The minimum Gasteiger partial charge on any atom is -0.457 e. The van der Waals surface area contributed by atoms with Crippen molar-refractivity contribution < 1.29 is 26.3 Å². The monoisotopic (exact) mass is 507 g/mol. The van der Waals surface area contributed by atoms with Gasteiger partial charge in [0, 0.05) is 5.56 Å². The zero-order valence-corrected chi connectivity index (χ0v) is 19.2. The molecule has 0 saturated carbocycles. The highest BCUT2D eigenvalue weighted by Gasteiger charge is 2.33. The van der Waals surface area contributed by atoms with Crippen LogP contribution in [-0.4, -0.2) is 24.3 Å². The first-order valence-corrected chi connectivity index (χ1v) is 11.9. The van der Waals surface area contributed by atoms with Crippen LogP contribution in [0.25, 0.3) is 22.3 Å². The highest BCUT2D eigenvalue weighted by Crippen LogP contribution is 2.37. The smallest absolute Gasteiger partial charge is 0.418 e. The Morgan fingerprint density at radius 2 is 1.68 bits per heavy atom.